The molecule has 0 aliphatic carbocycles. The summed E-state index contributed by atoms with van der Waals surface area (Å²) in [6.07, 6.45) is 0. The van der Waals surface area contributed by atoms with Crippen LogP contribution in [0, 0.1) is 25.2 Å². The Bertz CT molecular complexity index is 1750. The zero-order valence-corrected chi connectivity index (χ0v) is 19.4. The summed E-state index contributed by atoms with van der Waals surface area (Å²) < 4.78 is 2.22. The van der Waals surface area contributed by atoms with Crippen molar-refractivity contribution in [3.05, 3.63) is 108 Å². The van der Waals surface area contributed by atoms with E-state index < -0.39 is 0 Å². The van der Waals surface area contributed by atoms with Gasteiger partial charge in [-0.15, -0.1) is 0 Å². The van der Waals surface area contributed by atoms with E-state index in [1.165, 1.54) is 0 Å². The SMILES string of the molecule is Cc1nc(C)nc(-c2ccc(C#N)cc2-n2c3ccccc3c3ccc(-c4ccccc4)cc32)n1. The van der Waals surface area contributed by atoms with Crippen LogP contribution in [0.5, 0.6) is 0 Å². The average Bonchev–Trinajstić information content (AvgIpc) is 3.22. The van der Waals surface area contributed by atoms with Crippen LogP contribution in [0.2, 0.25) is 0 Å². The van der Waals surface area contributed by atoms with Crippen LogP contribution in [0.3, 0.4) is 0 Å². The Balaban J connectivity index is 1.73. The molecule has 5 nitrogen and oxygen atoms in total. The number of nitrogens with zero attached hydrogens (tertiary/aromatic N) is 5. The number of hydrogen-bond donors (Lipinski definition) is 0. The summed E-state index contributed by atoms with van der Waals surface area (Å²) in [7, 11) is 0. The molecule has 2 aromatic heterocycles. The zero-order chi connectivity index (χ0) is 23.9. The molecule has 0 amide bonds. The number of aryl methyl sites for hydroxylation is 2. The molecule has 0 aliphatic rings. The quantitative estimate of drug-likeness (QED) is 0.297. The molecule has 4 aromatic carbocycles. The lowest BCUT2D eigenvalue weighted by Crippen LogP contribution is -2.03. The fourth-order valence-electron chi connectivity index (χ4n) is 4.75. The Labute approximate surface area is 203 Å². The normalized spacial score (nSPS) is 11.1. The first-order chi connectivity index (χ1) is 17.1. The highest BCUT2D eigenvalue weighted by Crippen LogP contribution is 2.37. The lowest BCUT2D eigenvalue weighted by molar-refractivity contribution is 0.926. The summed E-state index contributed by atoms with van der Waals surface area (Å²) in [5.74, 6) is 1.92. The molecule has 0 bridgehead atoms. The lowest BCUT2D eigenvalue weighted by atomic mass is 10.0. The number of fused-ring (bicyclic) bond motifs is 3. The molecule has 166 valence electrons. The van der Waals surface area contributed by atoms with E-state index >= 15 is 0 Å². The maximum absolute atomic E-state index is 9.73. The second-order valence-electron chi connectivity index (χ2n) is 8.55. The van der Waals surface area contributed by atoms with Crippen molar-refractivity contribution in [2.45, 2.75) is 13.8 Å². The first-order valence-electron chi connectivity index (χ1n) is 11.5. The van der Waals surface area contributed by atoms with Crippen LogP contribution in [-0.4, -0.2) is 19.5 Å². The molecule has 6 rings (SSSR count). The maximum atomic E-state index is 9.73. The van der Waals surface area contributed by atoms with Gasteiger partial charge in [0.1, 0.15) is 11.6 Å². The fraction of sp³-hybridized carbons (Fsp3) is 0.0667. The van der Waals surface area contributed by atoms with E-state index in [9.17, 15) is 5.26 Å². The predicted molar refractivity (Wildman–Crippen MR) is 139 cm³/mol. The lowest BCUT2D eigenvalue weighted by Gasteiger charge is -2.14. The first kappa shape index (κ1) is 20.8. The topological polar surface area (TPSA) is 67.4 Å². The molecule has 5 heteroatoms. The van der Waals surface area contributed by atoms with Crippen molar-refractivity contribution >= 4 is 21.8 Å². The van der Waals surface area contributed by atoms with Gasteiger partial charge in [0.25, 0.3) is 0 Å². The standard InChI is InChI=1S/C30H21N5/c1-19-32-20(2)34-30(33-19)26-14-12-21(18-31)16-28(26)35-27-11-7-6-10-24(27)25-15-13-23(17-29(25)35)22-8-4-3-5-9-22/h3-17H,1-2H3. The Morgan fingerprint density at radius 2 is 1.37 bits per heavy atom. The second-order valence-corrected chi connectivity index (χ2v) is 8.55. The third kappa shape index (κ3) is 3.53. The van der Waals surface area contributed by atoms with Gasteiger partial charge in [-0.3, -0.25) is 0 Å². The summed E-state index contributed by atoms with van der Waals surface area (Å²) in [6.45, 7) is 3.74. The van der Waals surface area contributed by atoms with Gasteiger partial charge in [-0.2, -0.15) is 5.26 Å². The molecule has 0 unspecified atom stereocenters. The highest BCUT2D eigenvalue weighted by atomic mass is 15.0. The summed E-state index contributed by atoms with van der Waals surface area (Å²) in [5, 5.41) is 12.0. The molecule has 0 N–H and O–H groups in total. The minimum Gasteiger partial charge on any atom is -0.308 e. The van der Waals surface area contributed by atoms with Crippen molar-refractivity contribution in [2.75, 3.05) is 0 Å². The Hall–Kier alpha value is -4.82. The fourth-order valence-corrected chi connectivity index (χ4v) is 4.75. The van der Waals surface area contributed by atoms with Crippen LogP contribution in [0.4, 0.5) is 0 Å². The van der Waals surface area contributed by atoms with E-state index in [-0.39, 0.29) is 0 Å². The van der Waals surface area contributed by atoms with Crippen LogP contribution >= 0.6 is 0 Å². The first-order valence-corrected chi connectivity index (χ1v) is 11.5. The van der Waals surface area contributed by atoms with E-state index in [0.717, 1.165) is 44.2 Å². The minimum absolute atomic E-state index is 0.580. The molecule has 0 atom stereocenters. The Morgan fingerprint density at radius 1 is 0.657 bits per heavy atom. The molecule has 0 saturated heterocycles. The van der Waals surface area contributed by atoms with Gasteiger partial charge in [0, 0.05) is 16.3 Å². The van der Waals surface area contributed by atoms with E-state index in [0.29, 0.717) is 23.0 Å². The smallest absolute Gasteiger partial charge is 0.165 e. The Morgan fingerprint density at radius 3 is 2.14 bits per heavy atom. The molecule has 2 heterocycles. The molecule has 6 aromatic rings. The number of hydrogen-bond acceptors (Lipinski definition) is 4. The van der Waals surface area contributed by atoms with Crippen molar-refractivity contribution in [3.8, 4) is 34.3 Å². The van der Waals surface area contributed by atoms with E-state index in [2.05, 4.69) is 86.3 Å². The van der Waals surface area contributed by atoms with Crippen molar-refractivity contribution in [2.24, 2.45) is 0 Å². The second kappa shape index (κ2) is 8.19. The van der Waals surface area contributed by atoms with Crippen molar-refractivity contribution in [3.63, 3.8) is 0 Å². The number of nitriles is 1. The monoisotopic (exact) mass is 451 g/mol. The number of benzene rings is 4. The molecular formula is C30H21N5. The minimum atomic E-state index is 0.580. The molecule has 0 fully saturated rings. The summed E-state index contributed by atoms with van der Waals surface area (Å²) in [6, 6.07) is 33.3. The third-order valence-electron chi connectivity index (χ3n) is 6.25. The summed E-state index contributed by atoms with van der Waals surface area (Å²) in [5.41, 5.74) is 6.71. The Kier molecular flexibility index (Phi) is 4.86. The van der Waals surface area contributed by atoms with Crippen molar-refractivity contribution in [1.29, 1.82) is 5.26 Å². The largest absolute Gasteiger partial charge is 0.308 e. The molecule has 0 radical (unpaired) electrons. The van der Waals surface area contributed by atoms with Gasteiger partial charge < -0.3 is 4.57 Å². The number of aromatic nitrogens is 4. The summed E-state index contributed by atoms with van der Waals surface area (Å²) >= 11 is 0. The number of para-hydroxylation sites is 1. The van der Waals surface area contributed by atoms with E-state index in [1.54, 1.807) is 0 Å². The zero-order valence-electron chi connectivity index (χ0n) is 19.4. The van der Waals surface area contributed by atoms with Crippen molar-refractivity contribution in [1.82, 2.24) is 19.5 Å². The molecule has 35 heavy (non-hydrogen) atoms. The van der Waals surface area contributed by atoms with Crippen LogP contribution in [0.15, 0.2) is 91.0 Å². The number of rotatable bonds is 3. The van der Waals surface area contributed by atoms with Crippen LogP contribution in [-0.2, 0) is 0 Å². The third-order valence-corrected chi connectivity index (χ3v) is 6.25. The van der Waals surface area contributed by atoms with Crippen LogP contribution in [0.1, 0.15) is 17.2 Å². The summed E-state index contributed by atoms with van der Waals surface area (Å²) in [4.78, 5) is 13.6. The van der Waals surface area contributed by atoms with Crippen molar-refractivity contribution < 1.29 is 0 Å². The average molecular weight is 452 g/mol. The van der Waals surface area contributed by atoms with Crippen LogP contribution in [0.25, 0.3) is 50.0 Å². The highest BCUT2D eigenvalue weighted by molar-refractivity contribution is 6.10. The van der Waals surface area contributed by atoms with Gasteiger partial charge in [-0.1, -0.05) is 60.7 Å². The van der Waals surface area contributed by atoms with Gasteiger partial charge in [-0.05, 0) is 55.3 Å². The molecule has 0 spiro atoms. The van der Waals surface area contributed by atoms with Gasteiger partial charge in [-0.25, -0.2) is 15.0 Å². The molecular weight excluding hydrogens is 430 g/mol. The molecule has 0 saturated carbocycles. The molecule has 0 aliphatic heterocycles. The van der Waals surface area contributed by atoms with Gasteiger partial charge >= 0.3 is 0 Å². The predicted octanol–water partition coefficient (Wildman–Crippen LogP) is 6.79. The maximum Gasteiger partial charge on any atom is 0.165 e. The van der Waals surface area contributed by atoms with Crippen LogP contribution < -0.4 is 0 Å². The highest BCUT2D eigenvalue weighted by Gasteiger charge is 2.18. The van der Waals surface area contributed by atoms with E-state index in [4.69, 9.17) is 0 Å². The van der Waals surface area contributed by atoms with Gasteiger partial charge in [0.05, 0.1) is 28.4 Å². The van der Waals surface area contributed by atoms with E-state index in [1.807, 2.05) is 44.2 Å². The van der Waals surface area contributed by atoms with Gasteiger partial charge in [0.15, 0.2) is 5.82 Å². The van der Waals surface area contributed by atoms with Gasteiger partial charge in [0.2, 0.25) is 0 Å².